The molecule has 0 amide bonds. The van der Waals surface area contributed by atoms with Crippen LogP contribution < -0.4 is 11.1 Å². The number of nitrogens with one attached hydrogen (secondary N) is 1. The van der Waals surface area contributed by atoms with Crippen molar-refractivity contribution in [2.45, 2.75) is 6.42 Å². The van der Waals surface area contributed by atoms with Crippen LogP contribution in [0.1, 0.15) is 6.42 Å². The molecule has 1 aromatic rings. The maximum Gasteiger partial charge on any atom is 0.143 e. The largest absolute Gasteiger partial charge is 0.397 e. The van der Waals surface area contributed by atoms with Crippen LogP contribution in [0.2, 0.25) is 5.02 Å². The van der Waals surface area contributed by atoms with E-state index in [9.17, 15) is 4.39 Å². The Kier molecular flexibility index (Phi) is 4.83. The Balaban J connectivity index is 2.51. The minimum Gasteiger partial charge on any atom is -0.397 e. The van der Waals surface area contributed by atoms with Gasteiger partial charge in [-0.15, -0.1) is 0 Å². The van der Waals surface area contributed by atoms with Gasteiger partial charge in [0.1, 0.15) is 5.82 Å². The van der Waals surface area contributed by atoms with E-state index in [0.29, 0.717) is 11.4 Å². The summed E-state index contributed by atoms with van der Waals surface area (Å²) >= 11 is 5.60. The fourth-order valence-corrected chi connectivity index (χ4v) is 1.51. The molecule has 0 radical (unpaired) electrons. The zero-order chi connectivity index (χ0) is 12.1. The lowest BCUT2D eigenvalue weighted by Gasteiger charge is -2.12. The summed E-state index contributed by atoms with van der Waals surface area (Å²) in [5.74, 6) is -0.453. The number of hydrogen-bond acceptors (Lipinski definition) is 3. The normalized spacial score (nSPS) is 10.8. The van der Waals surface area contributed by atoms with Gasteiger partial charge in [-0.1, -0.05) is 11.6 Å². The number of nitrogens with zero attached hydrogens (tertiary/aromatic N) is 1. The van der Waals surface area contributed by atoms with E-state index < -0.39 is 5.82 Å². The van der Waals surface area contributed by atoms with Crippen molar-refractivity contribution >= 4 is 23.0 Å². The predicted octanol–water partition coefficient (Wildman–Crippen LogP) is 2.42. The highest BCUT2D eigenvalue weighted by Gasteiger charge is 2.05. The third-order valence-corrected chi connectivity index (χ3v) is 2.48. The monoisotopic (exact) mass is 245 g/mol. The molecule has 16 heavy (non-hydrogen) atoms. The summed E-state index contributed by atoms with van der Waals surface area (Å²) in [6.45, 7) is 1.73. The van der Waals surface area contributed by atoms with Crippen molar-refractivity contribution in [3.05, 3.63) is 23.0 Å². The van der Waals surface area contributed by atoms with Crippen LogP contribution in [0.5, 0.6) is 0 Å². The zero-order valence-corrected chi connectivity index (χ0v) is 10.3. The van der Waals surface area contributed by atoms with Crippen molar-refractivity contribution in [2.75, 3.05) is 38.2 Å². The van der Waals surface area contributed by atoms with Crippen LogP contribution in [0.15, 0.2) is 12.1 Å². The topological polar surface area (TPSA) is 41.3 Å². The first-order valence-corrected chi connectivity index (χ1v) is 5.51. The third kappa shape index (κ3) is 3.87. The summed E-state index contributed by atoms with van der Waals surface area (Å²) in [5, 5.41) is 3.14. The number of rotatable bonds is 5. The van der Waals surface area contributed by atoms with Gasteiger partial charge in [-0.2, -0.15) is 0 Å². The minimum absolute atomic E-state index is 0.0522. The average molecular weight is 246 g/mol. The molecule has 0 fully saturated rings. The molecule has 0 saturated heterocycles. The van der Waals surface area contributed by atoms with Gasteiger partial charge in [0.05, 0.1) is 16.4 Å². The lowest BCUT2D eigenvalue weighted by Crippen LogP contribution is -2.16. The molecule has 0 aromatic heterocycles. The van der Waals surface area contributed by atoms with E-state index >= 15 is 0 Å². The molecule has 0 heterocycles. The lowest BCUT2D eigenvalue weighted by molar-refractivity contribution is 0.405. The van der Waals surface area contributed by atoms with E-state index in [0.717, 1.165) is 19.5 Å². The van der Waals surface area contributed by atoms with E-state index in [1.54, 1.807) is 0 Å². The quantitative estimate of drug-likeness (QED) is 0.618. The number of benzene rings is 1. The molecule has 0 spiro atoms. The Labute approximate surface area is 100 Å². The zero-order valence-electron chi connectivity index (χ0n) is 9.56. The van der Waals surface area contributed by atoms with Crippen molar-refractivity contribution in [1.82, 2.24) is 4.90 Å². The van der Waals surface area contributed by atoms with Crippen LogP contribution in [-0.4, -0.2) is 32.1 Å². The Bertz CT molecular complexity index is 355. The van der Waals surface area contributed by atoms with Gasteiger partial charge in [-0.25, -0.2) is 4.39 Å². The number of nitrogens with two attached hydrogens (primary N) is 1. The summed E-state index contributed by atoms with van der Waals surface area (Å²) in [6, 6.07) is 2.75. The summed E-state index contributed by atoms with van der Waals surface area (Å²) in [5.41, 5.74) is 6.77. The fourth-order valence-electron chi connectivity index (χ4n) is 1.33. The smallest absolute Gasteiger partial charge is 0.143 e. The van der Waals surface area contributed by atoms with Crippen molar-refractivity contribution in [1.29, 1.82) is 0 Å². The van der Waals surface area contributed by atoms with Gasteiger partial charge in [0, 0.05) is 12.6 Å². The molecule has 0 saturated carbocycles. The van der Waals surface area contributed by atoms with Crippen LogP contribution in [-0.2, 0) is 0 Å². The number of nitrogen functional groups attached to an aromatic ring is 1. The SMILES string of the molecule is CN(C)CCCNc1cc(F)c(Cl)cc1N. The first-order valence-electron chi connectivity index (χ1n) is 5.14. The molecule has 0 aliphatic rings. The molecular weight excluding hydrogens is 229 g/mol. The second-order valence-electron chi connectivity index (χ2n) is 3.94. The van der Waals surface area contributed by atoms with Gasteiger partial charge < -0.3 is 16.0 Å². The summed E-state index contributed by atoms with van der Waals surface area (Å²) in [4.78, 5) is 2.09. The molecule has 3 nitrogen and oxygen atoms in total. The summed E-state index contributed by atoms with van der Waals surface area (Å²) in [6.07, 6.45) is 0.969. The van der Waals surface area contributed by atoms with Crippen molar-refractivity contribution < 1.29 is 4.39 Å². The van der Waals surface area contributed by atoms with E-state index in [2.05, 4.69) is 10.2 Å². The Morgan fingerprint density at radius 2 is 2.12 bits per heavy atom. The van der Waals surface area contributed by atoms with Crippen LogP contribution in [0.25, 0.3) is 0 Å². The molecule has 0 unspecified atom stereocenters. The van der Waals surface area contributed by atoms with E-state index in [-0.39, 0.29) is 5.02 Å². The van der Waals surface area contributed by atoms with Crippen molar-refractivity contribution in [3.63, 3.8) is 0 Å². The first kappa shape index (κ1) is 13.1. The second-order valence-corrected chi connectivity index (χ2v) is 4.34. The third-order valence-electron chi connectivity index (χ3n) is 2.19. The maximum atomic E-state index is 13.2. The average Bonchev–Trinajstić information content (AvgIpc) is 2.19. The number of halogens is 2. The van der Waals surface area contributed by atoms with Crippen LogP contribution in [0.3, 0.4) is 0 Å². The van der Waals surface area contributed by atoms with Gasteiger partial charge in [0.25, 0.3) is 0 Å². The van der Waals surface area contributed by atoms with Crippen LogP contribution >= 0.6 is 11.6 Å². The lowest BCUT2D eigenvalue weighted by atomic mass is 10.2. The van der Waals surface area contributed by atoms with E-state index in [1.807, 2.05) is 14.1 Å². The Morgan fingerprint density at radius 3 is 2.75 bits per heavy atom. The molecule has 0 bridgehead atoms. The van der Waals surface area contributed by atoms with Crippen LogP contribution in [0, 0.1) is 5.82 Å². The van der Waals surface area contributed by atoms with E-state index in [4.69, 9.17) is 17.3 Å². The van der Waals surface area contributed by atoms with Gasteiger partial charge in [-0.05, 0) is 33.1 Å². The highest BCUT2D eigenvalue weighted by Crippen LogP contribution is 2.25. The van der Waals surface area contributed by atoms with Gasteiger partial charge in [0.15, 0.2) is 0 Å². The second kappa shape index (κ2) is 5.92. The van der Waals surface area contributed by atoms with Crippen molar-refractivity contribution in [3.8, 4) is 0 Å². The molecule has 0 atom stereocenters. The Hall–Kier alpha value is -1.00. The Morgan fingerprint density at radius 1 is 1.44 bits per heavy atom. The molecular formula is C11H17ClFN3. The van der Waals surface area contributed by atoms with Crippen LogP contribution in [0.4, 0.5) is 15.8 Å². The number of hydrogen-bond donors (Lipinski definition) is 2. The molecule has 5 heteroatoms. The van der Waals surface area contributed by atoms with Gasteiger partial charge >= 0.3 is 0 Å². The fraction of sp³-hybridized carbons (Fsp3) is 0.455. The summed E-state index contributed by atoms with van der Waals surface area (Å²) < 4.78 is 13.2. The highest BCUT2D eigenvalue weighted by molar-refractivity contribution is 6.31. The molecule has 1 aromatic carbocycles. The first-order chi connectivity index (χ1) is 7.50. The highest BCUT2D eigenvalue weighted by atomic mass is 35.5. The molecule has 1 rings (SSSR count). The van der Waals surface area contributed by atoms with Crippen molar-refractivity contribution in [2.24, 2.45) is 0 Å². The predicted molar refractivity (Wildman–Crippen MR) is 67.5 cm³/mol. The summed E-state index contributed by atoms with van der Waals surface area (Å²) in [7, 11) is 4.02. The molecule has 90 valence electrons. The maximum absolute atomic E-state index is 13.2. The number of anilines is 2. The standard InChI is InChI=1S/C11H17ClFN3/c1-16(2)5-3-4-15-11-7-9(13)8(12)6-10(11)14/h6-7,15H,3-5,14H2,1-2H3. The molecule has 0 aliphatic heterocycles. The minimum atomic E-state index is -0.453. The molecule has 3 N–H and O–H groups in total. The van der Waals surface area contributed by atoms with Gasteiger partial charge in [-0.3, -0.25) is 0 Å². The van der Waals surface area contributed by atoms with Gasteiger partial charge in [0.2, 0.25) is 0 Å². The molecule has 0 aliphatic carbocycles. The van der Waals surface area contributed by atoms with E-state index in [1.165, 1.54) is 12.1 Å².